The lowest BCUT2D eigenvalue weighted by atomic mass is 9.94. The Morgan fingerprint density at radius 2 is 0.340 bits per heavy atom. The lowest BCUT2D eigenvalue weighted by Crippen LogP contribution is -2.69. The van der Waals surface area contributed by atoms with Crippen LogP contribution >= 0.6 is 0 Å². The lowest BCUT2D eigenvalue weighted by molar-refractivity contribution is -0.401. The van der Waals surface area contributed by atoms with Gasteiger partial charge in [0.15, 0.2) is 50.3 Å². The number of aliphatic hydroxyl groups is 18. The molecule has 0 aliphatic carbocycles. The highest BCUT2D eigenvalue weighted by Gasteiger charge is 2.61. The molecule has 41 heteroatoms. The lowest BCUT2D eigenvalue weighted by Gasteiger charge is -2.51. The molecule has 0 aromatic heterocycles. The SMILES string of the molecule is CO[C@@H]1[C@H](O)[C@@H](O[C@H]2[C@H](OC)[C@H](O)[C@@H](O[C@H]3[C@H](OC)[C@@H](O)[C@@H](O[C@H]4[C@H](OC)[C@H](O)[C@@H](O[C@H]5[C@H](OC)[C@H](O)[C@@H](O[C@H]6[C@H](OC)[C@H](O)[C@@H](O[C@H]7[C@H](OC)[C@H](O)[C@@H](O[C@H]8[C@H](OC)[C@H](O)[C@@H](O)O[C@@H]8CO)O[C@@H]7CO)O[C@@H]6CO)O[C@@H]5CO)O[C@@H]4CO)O[C@@H]3CO)O[C@@H]2CO)O[C@H](CO)[C@H]1O. The molecule has 0 amide bonds. The molecule has 0 bridgehead atoms. The van der Waals surface area contributed by atoms with E-state index in [0.29, 0.717) is 0 Å². The van der Waals surface area contributed by atoms with E-state index < -0.39 is 299 Å². The fraction of sp³-hybridized carbons (Fsp3) is 1.00. The largest absolute Gasteiger partial charge is 0.394 e. The van der Waals surface area contributed by atoms with Gasteiger partial charge in [-0.05, 0) is 0 Å². The molecule has 8 fully saturated rings. The van der Waals surface area contributed by atoms with Gasteiger partial charge in [0, 0.05) is 56.9 Å². The van der Waals surface area contributed by atoms with Crippen molar-refractivity contribution in [2.24, 2.45) is 0 Å². The van der Waals surface area contributed by atoms with Gasteiger partial charge < -0.3 is 201 Å². The van der Waals surface area contributed by atoms with Gasteiger partial charge in [-0.25, -0.2) is 0 Å². The van der Waals surface area contributed by atoms with Gasteiger partial charge >= 0.3 is 0 Å². The quantitative estimate of drug-likeness (QED) is 0.0318. The summed E-state index contributed by atoms with van der Waals surface area (Å²) < 4.78 is 134. The molecule has 0 aromatic rings. The highest BCUT2D eigenvalue weighted by molar-refractivity contribution is 5.03. The fourth-order valence-electron chi connectivity index (χ4n) is 13.6. The average Bonchev–Trinajstić information content (AvgIpc) is 0.778. The first-order valence-electron chi connectivity index (χ1n) is 31.3. The minimum absolute atomic E-state index is 0.707. The van der Waals surface area contributed by atoms with E-state index in [0.717, 1.165) is 28.4 Å². The molecular weight excluding hydrogens is 1330 g/mol. The molecule has 8 heterocycles. The molecule has 568 valence electrons. The maximum Gasteiger partial charge on any atom is 0.187 e. The van der Waals surface area contributed by atoms with Crippen molar-refractivity contribution < 1.29 is 201 Å². The third-order valence-corrected chi connectivity index (χ3v) is 18.6. The highest BCUT2D eigenvalue weighted by Crippen LogP contribution is 2.41. The minimum atomic E-state index is -1.90. The molecule has 0 saturated carbocycles. The highest BCUT2D eigenvalue weighted by atomic mass is 16.8. The Bertz CT molecular complexity index is 2280. The monoisotopic (exact) mass is 1430 g/mol. The van der Waals surface area contributed by atoms with Crippen molar-refractivity contribution in [3.05, 3.63) is 0 Å². The summed E-state index contributed by atoms with van der Waals surface area (Å²) in [5.74, 6) is 0. The molecule has 8 aliphatic heterocycles. The Kier molecular flexibility index (Phi) is 30.8. The molecule has 8 aliphatic rings. The number of hydrogen-bond acceptors (Lipinski definition) is 41. The second-order valence-electron chi connectivity index (χ2n) is 24.0. The molecule has 8 saturated heterocycles. The standard InChI is InChI=1S/C56H98O41/c1-75-41-25(65)17(9-57)84-50(27(41)67)92-35-19(11-59)86-52(29(69)43(35)77-3)94-37-21(13-61)88-54(31(71)45(37)79-5)96-39-23(15-63)90-56(33(73)47(39)81-7)97-40-24(16-64)89-55(32(72)48(40)82-8)95-38-22(14-62)87-53(30(70)46(38)80-6)93-36-20(12-60)85-51(28(68)44(36)78-4)91-34-18(10-58)83-49(74)26(66)42(34)76-2/h17-74H,9-16H2,1-8H3/t17-,18-,19-,20-,21-,22-,23-,24-,25-,26+,27+,28+,29+,30+,31-,32+,33+,34-,35-,36-,37-,38-,39-,40-,41+,42-,43-,44-,45-,46-,47-,48-,49+,50-,51-,52-,53-,54-,55-,56-/m1/s1. The van der Waals surface area contributed by atoms with E-state index >= 15 is 0 Å². The Morgan fingerprint density at radius 3 is 0.515 bits per heavy atom. The number of methoxy groups -OCH3 is 8. The van der Waals surface area contributed by atoms with E-state index in [-0.39, 0.29) is 0 Å². The Labute approximate surface area is 555 Å². The van der Waals surface area contributed by atoms with E-state index in [2.05, 4.69) is 0 Å². The van der Waals surface area contributed by atoms with Crippen LogP contribution in [0.5, 0.6) is 0 Å². The van der Waals surface area contributed by atoms with Crippen LogP contribution in [-0.2, 0) is 109 Å². The smallest absolute Gasteiger partial charge is 0.187 e. The fourth-order valence-corrected chi connectivity index (χ4v) is 13.6. The summed E-state index contributed by atoms with van der Waals surface area (Å²) in [7, 11) is 9.35. The number of hydrogen-bond donors (Lipinski definition) is 18. The molecule has 40 atom stereocenters. The van der Waals surface area contributed by atoms with Crippen molar-refractivity contribution in [2.75, 3.05) is 110 Å². The van der Waals surface area contributed by atoms with Crippen molar-refractivity contribution in [1.29, 1.82) is 0 Å². The van der Waals surface area contributed by atoms with E-state index in [4.69, 9.17) is 109 Å². The van der Waals surface area contributed by atoms with Crippen molar-refractivity contribution in [3.8, 4) is 0 Å². The van der Waals surface area contributed by atoms with Gasteiger partial charge in [0.05, 0.1) is 52.9 Å². The summed E-state index contributed by atoms with van der Waals surface area (Å²) in [6.07, 6.45) is -63.6. The third-order valence-electron chi connectivity index (χ3n) is 18.6. The molecule has 0 unspecified atom stereocenters. The summed E-state index contributed by atoms with van der Waals surface area (Å²) in [5, 5.41) is 197. The summed E-state index contributed by atoms with van der Waals surface area (Å²) in [6, 6.07) is 0. The molecule has 0 radical (unpaired) electrons. The maximum absolute atomic E-state index is 11.9. The summed E-state index contributed by atoms with van der Waals surface area (Å²) in [6.45, 7) is -6.65. The third kappa shape index (κ3) is 16.9. The predicted octanol–water partition coefficient (Wildman–Crippen LogP) is -13.2. The first-order chi connectivity index (χ1) is 46.5. The van der Waals surface area contributed by atoms with Crippen LogP contribution in [0.3, 0.4) is 0 Å². The average molecular weight is 1430 g/mol. The normalized spacial score (nSPS) is 50.2. The van der Waals surface area contributed by atoms with Gasteiger partial charge in [-0.1, -0.05) is 0 Å². The van der Waals surface area contributed by atoms with Crippen LogP contribution in [0.15, 0.2) is 0 Å². The van der Waals surface area contributed by atoms with Gasteiger partial charge in [-0.2, -0.15) is 0 Å². The van der Waals surface area contributed by atoms with E-state index in [1.165, 1.54) is 28.4 Å². The van der Waals surface area contributed by atoms with Crippen molar-refractivity contribution >= 4 is 0 Å². The van der Waals surface area contributed by atoms with Gasteiger partial charge in [-0.15, -0.1) is 0 Å². The van der Waals surface area contributed by atoms with Crippen LogP contribution in [-0.4, -0.2) is 447 Å². The van der Waals surface area contributed by atoms with E-state index in [9.17, 15) is 91.9 Å². The summed E-state index contributed by atoms with van der Waals surface area (Å²) in [5.41, 5.74) is 0. The van der Waals surface area contributed by atoms with Crippen LogP contribution in [0, 0.1) is 0 Å². The van der Waals surface area contributed by atoms with Gasteiger partial charge in [0.1, 0.15) is 195 Å². The molecule has 18 N–H and O–H groups in total. The Balaban J connectivity index is 0.901. The predicted molar refractivity (Wildman–Crippen MR) is 303 cm³/mol. The number of aliphatic hydroxyl groups excluding tert-OH is 18. The van der Waals surface area contributed by atoms with E-state index in [1.54, 1.807) is 0 Å². The van der Waals surface area contributed by atoms with Gasteiger partial charge in [-0.3, -0.25) is 0 Å². The van der Waals surface area contributed by atoms with Gasteiger partial charge in [0.2, 0.25) is 0 Å². The van der Waals surface area contributed by atoms with Gasteiger partial charge in [0.25, 0.3) is 0 Å². The van der Waals surface area contributed by atoms with Crippen LogP contribution in [0.2, 0.25) is 0 Å². The van der Waals surface area contributed by atoms with Crippen molar-refractivity contribution in [2.45, 2.75) is 246 Å². The van der Waals surface area contributed by atoms with Crippen LogP contribution < -0.4 is 0 Å². The molecule has 0 aromatic carbocycles. The first-order valence-corrected chi connectivity index (χ1v) is 31.3. The second-order valence-corrected chi connectivity index (χ2v) is 24.0. The molecule has 0 spiro atoms. The van der Waals surface area contributed by atoms with E-state index in [1.807, 2.05) is 0 Å². The van der Waals surface area contributed by atoms with Crippen LogP contribution in [0.1, 0.15) is 0 Å². The topological polar surface area (TPSA) is 576 Å². The maximum atomic E-state index is 11.9. The zero-order valence-electron chi connectivity index (χ0n) is 54.2. The first kappa shape index (κ1) is 81.0. The molecule has 97 heavy (non-hydrogen) atoms. The molecule has 41 nitrogen and oxygen atoms in total. The summed E-state index contributed by atoms with van der Waals surface area (Å²) in [4.78, 5) is 0. The van der Waals surface area contributed by atoms with Crippen LogP contribution in [0.4, 0.5) is 0 Å². The van der Waals surface area contributed by atoms with Crippen molar-refractivity contribution in [3.63, 3.8) is 0 Å². The zero-order chi connectivity index (χ0) is 71.0. The summed E-state index contributed by atoms with van der Waals surface area (Å²) >= 11 is 0. The van der Waals surface area contributed by atoms with Crippen LogP contribution in [0.25, 0.3) is 0 Å². The Hall–Kier alpha value is -1.64. The zero-order valence-corrected chi connectivity index (χ0v) is 54.2. The van der Waals surface area contributed by atoms with Crippen molar-refractivity contribution in [1.82, 2.24) is 0 Å². The number of ether oxygens (including phenoxy) is 23. The number of rotatable bonds is 30. The molecular formula is C56H98O41. The second kappa shape index (κ2) is 36.9. The Morgan fingerprint density at radius 1 is 0.186 bits per heavy atom. The molecule has 8 rings (SSSR count). The minimum Gasteiger partial charge on any atom is -0.394 e.